The van der Waals surface area contributed by atoms with Crippen LogP contribution in [0.1, 0.15) is 54.2 Å². The zero-order valence-electron chi connectivity index (χ0n) is 16.6. The van der Waals surface area contributed by atoms with Gasteiger partial charge in [-0.1, -0.05) is 6.07 Å². The third-order valence-corrected chi connectivity index (χ3v) is 6.00. The van der Waals surface area contributed by atoms with Gasteiger partial charge in [-0.05, 0) is 64.3 Å². The zero-order chi connectivity index (χ0) is 19.0. The lowest BCUT2D eigenvalue weighted by Crippen LogP contribution is -2.43. The molecule has 0 N–H and O–H groups in total. The maximum atomic E-state index is 13.8. The number of amides is 1. The van der Waals surface area contributed by atoms with Gasteiger partial charge in [0.15, 0.2) is 0 Å². The van der Waals surface area contributed by atoms with Crippen molar-refractivity contribution in [3.05, 3.63) is 47.0 Å². The molecule has 0 aromatic carbocycles. The minimum atomic E-state index is -0.223. The first-order valence-electron chi connectivity index (χ1n) is 10.00. The Bertz CT molecular complexity index is 805. The first kappa shape index (κ1) is 18.2. The van der Waals surface area contributed by atoms with Gasteiger partial charge >= 0.3 is 0 Å². The monoisotopic (exact) mass is 367 g/mol. The van der Waals surface area contributed by atoms with Crippen molar-refractivity contribution < 1.29 is 4.79 Å². The second kappa shape index (κ2) is 7.43. The lowest BCUT2D eigenvalue weighted by molar-refractivity contribution is -0.138. The average molecular weight is 367 g/mol. The van der Waals surface area contributed by atoms with Gasteiger partial charge in [0, 0.05) is 43.3 Å². The highest BCUT2D eigenvalue weighted by molar-refractivity contribution is 5.84. The molecule has 0 unspecified atom stereocenters. The van der Waals surface area contributed by atoms with E-state index in [0.29, 0.717) is 12.6 Å². The molecule has 2 aliphatic rings. The van der Waals surface area contributed by atoms with Gasteiger partial charge in [0.05, 0.1) is 5.69 Å². The maximum Gasteiger partial charge on any atom is 0.245 e. The van der Waals surface area contributed by atoms with Crippen LogP contribution in [0, 0.1) is 13.8 Å². The molecule has 1 aliphatic carbocycles. The van der Waals surface area contributed by atoms with E-state index < -0.39 is 0 Å². The van der Waals surface area contributed by atoms with Crippen molar-refractivity contribution in [3.63, 3.8) is 0 Å². The second-order valence-electron chi connectivity index (χ2n) is 7.90. The normalized spacial score (nSPS) is 18.6. The van der Waals surface area contributed by atoms with Crippen molar-refractivity contribution in [1.82, 2.24) is 24.6 Å². The summed E-state index contributed by atoms with van der Waals surface area (Å²) in [7, 11) is 1.97. The number of hydrogen-bond acceptors (Lipinski definition) is 4. The van der Waals surface area contributed by atoms with Gasteiger partial charge in [0.2, 0.25) is 5.91 Å². The molecular formula is C21H29N5O. The molecule has 0 bridgehead atoms. The Labute approximate surface area is 161 Å². The van der Waals surface area contributed by atoms with E-state index in [4.69, 9.17) is 0 Å². The molecular weight excluding hydrogens is 338 g/mol. The fourth-order valence-electron chi connectivity index (χ4n) is 4.19. The molecule has 1 amide bonds. The van der Waals surface area contributed by atoms with Crippen LogP contribution in [0.5, 0.6) is 0 Å². The highest BCUT2D eigenvalue weighted by Gasteiger charge is 2.40. The molecule has 6 heteroatoms. The quantitative estimate of drug-likeness (QED) is 0.788. The summed E-state index contributed by atoms with van der Waals surface area (Å²) in [6, 6.07) is 4.11. The van der Waals surface area contributed by atoms with Crippen molar-refractivity contribution >= 4 is 5.91 Å². The van der Waals surface area contributed by atoms with Crippen LogP contribution in [0.2, 0.25) is 0 Å². The molecule has 4 rings (SSSR count). The van der Waals surface area contributed by atoms with Gasteiger partial charge in [-0.3, -0.25) is 19.4 Å². The molecule has 0 radical (unpaired) electrons. The molecule has 6 nitrogen and oxygen atoms in total. The summed E-state index contributed by atoms with van der Waals surface area (Å²) < 4.78 is 1.92. The summed E-state index contributed by atoms with van der Waals surface area (Å²) in [5.41, 5.74) is 4.36. The number of rotatable bonds is 6. The topological polar surface area (TPSA) is 54.3 Å². The van der Waals surface area contributed by atoms with E-state index >= 15 is 0 Å². The lowest BCUT2D eigenvalue weighted by atomic mass is 10.0. The summed E-state index contributed by atoms with van der Waals surface area (Å²) >= 11 is 0. The zero-order valence-corrected chi connectivity index (χ0v) is 16.6. The Morgan fingerprint density at radius 3 is 2.59 bits per heavy atom. The van der Waals surface area contributed by atoms with E-state index in [2.05, 4.69) is 26.8 Å². The molecule has 1 atom stereocenters. The van der Waals surface area contributed by atoms with Crippen molar-refractivity contribution in [2.24, 2.45) is 7.05 Å². The van der Waals surface area contributed by atoms with E-state index in [9.17, 15) is 4.79 Å². The van der Waals surface area contributed by atoms with Gasteiger partial charge in [0.1, 0.15) is 6.04 Å². The van der Waals surface area contributed by atoms with Crippen LogP contribution in [0.3, 0.4) is 0 Å². The first-order chi connectivity index (χ1) is 13.1. The van der Waals surface area contributed by atoms with Crippen LogP contribution >= 0.6 is 0 Å². The molecule has 1 saturated carbocycles. The maximum absolute atomic E-state index is 13.8. The van der Waals surface area contributed by atoms with Crippen molar-refractivity contribution in [1.29, 1.82) is 0 Å². The fraction of sp³-hybridized carbons (Fsp3) is 0.571. The molecule has 3 heterocycles. The molecule has 0 spiro atoms. The number of aromatic nitrogens is 3. The van der Waals surface area contributed by atoms with Crippen molar-refractivity contribution in [2.75, 3.05) is 13.1 Å². The van der Waals surface area contributed by atoms with Crippen molar-refractivity contribution in [3.8, 4) is 0 Å². The number of hydrogen-bond donors (Lipinski definition) is 0. The Morgan fingerprint density at radius 1 is 1.30 bits per heavy atom. The number of pyridine rings is 1. The third kappa shape index (κ3) is 3.63. The molecule has 2 aromatic heterocycles. The Balaban J connectivity index is 1.65. The molecule has 2 aromatic rings. The predicted octanol–water partition coefficient (Wildman–Crippen LogP) is 2.76. The van der Waals surface area contributed by atoms with E-state index in [1.54, 1.807) is 6.20 Å². The van der Waals surface area contributed by atoms with E-state index in [-0.39, 0.29) is 11.9 Å². The summed E-state index contributed by atoms with van der Waals surface area (Å²) in [6.07, 6.45) is 8.15. The number of aryl methyl sites for hydroxylation is 2. The van der Waals surface area contributed by atoms with Crippen LogP contribution < -0.4 is 0 Å². The van der Waals surface area contributed by atoms with Crippen molar-refractivity contribution in [2.45, 2.75) is 58.2 Å². The molecule has 2 fully saturated rings. The Morgan fingerprint density at radius 2 is 2.04 bits per heavy atom. The minimum Gasteiger partial charge on any atom is -0.334 e. The average Bonchev–Trinajstić information content (AvgIpc) is 3.31. The van der Waals surface area contributed by atoms with Gasteiger partial charge in [-0.15, -0.1) is 0 Å². The highest BCUT2D eigenvalue weighted by atomic mass is 16.2. The third-order valence-electron chi connectivity index (χ3n) is 6.00. The smallest absolute Gasteiger partial charge is 0.245 e. The molecule has 1 aliphatic heterocycles. The van der Waals surface area contributed by atoms with Crippen LogP contribution in [-0.4, -0.2) is 49.6 Å². The molecule has 1 saturated heterocycles. The van der Waals surface area contributed by atoms with Gasteiger partial charge in [0.25, 0.3) is 0 Å². The minimum absolute atomic E-state index is 0.218. The Kier molecular flexibility index (Phi) is 5.00. The van der Waals surface area contributed by atoms with E-state index in [0.717, 1.165) is 55.7 Å². The first-order valence-corrected chi connectivity index (χ1v) is 10.00. The van der Waals surface area contributed by atoms with Gasteiger partial charge in [-0.25, -0.2) is 0 Å². The summed E-state index contributed by atoms with van der Waals surface area (Å²) in [5, 5.41) is 4.54. The van der Waals surface area contributed by atoms with Gasteiger partial charge < -0.3 is 4.90 Å². The fourth-order valence-corrected chi connectivity index (χ4v) is 4.19. The van der Waals surface area contributed by atoms with Crippen LogP contribution in [0.4, 0.5) is 0 Å². The van der Waals surface area contributed by atoms with Gasteiger partial charge in [-0.2, -0.15) is 5.10 Å². The predicted molar refractivity (Wildman–Crippen MR) is 104 cm³/mol. The molecule has 144 valence electrons. The number of carbonyl (C=O) groups excluding carboxylic acids is 1. The summed E-state index contributed by atoms with van der Waals surface area (Å²) in [6.45, 7) is 6.74. The largest absolute Gasteiger partial charge is 0.334 e. The SMILES string of the molecule is Cc1nn(C)c(C)c1CN(C(=O)[C@@H](c1cccnc1)N1CCCC1)C1CC1. The van der Waals surface area contributed by atoms with Crippen LogP contribution in [0.25, 0.3) is 0 Å². The summed E-state index contributed by atoms with van der Waals surface area (Å²) in [4.78, 5) is 22.5. The summed E-state index contributed by atoms with van der Waals surface area (Å²) in [5.74, 6) is 0.218. The number of likely N-dealkylation sites (tertiary alicyclic amines) is 1. The van der Waals surface area contributed by atoms with E-state index in [1.165, 1.54) is 5.56 Å². The van der Waals surface area contributed by atoms with Crippen LogP contribution in [0.15, 0.2) is 24.5 Å². The number of carbonyl (C=O) groups is 1. The molecule has 27 heavy (non-hydrogen) atoms. The Hall–Kier alpha value is -2.21. The standard InChI is InChI=1S/C21H29N5O/c1-15-19(16(2)24(3)23-15)14-26(18-8-9-18)21(27)20(25-11-4-5-12-25)17-7-6-10-22-13-17/h6-7,10,13,18,20H,4-5,8-9,11-12,14H2,1-3H3/t20-/m1/s1. The number of nitrogens with zero attached hydrogens (tertiary/aromatic N) is 5. The highest BCUT2D eigenvalue weighted by Crippen LogP contribution is 2.34. The van der Waals surface area contributed by atoms with Crippen LogP contribution in [-0.2, 0) is 18.4 Å². The second-order valence-corrected chi connectivity index (χ2v) is 7.90. The van der Waals surface area contributed by atoms with E-state index in [1.807, 2.05) is 37.0 Å². The lowest BCUT2D eigenvalue weighted by Gasteiger charge is -2.33.